The standard InChI is InChI=1S/C12H17N3O3.2ClH/c1-17-15(9-16)7-10-4-12(6-13-5-10)18-8-11-2-3-14-11;;/h4-6,9,11,14H,2-3,7-8H2,1H3;2*1H/t11-;;/m0../s1. The summed E-state index contributed by atoms with van der Waals surface area (Å²) in [6.45, 7) is 2.06. The normalized spacial score (nSPS) is 16.1. The molecule has 6 nitrogen and oxygen atoms in total. The molecule has 0 bridgehead atoms. The molecule has 0 unspecified atom stereocenters. The first-order valence-corrected chi connectivity index (χ1v) is 5.88. The van der Waals surface area contributed by atoms with Gasteiger partial charge in [-0.15, -0.1) is 24.8 Å². The summed E-state index contributed by atoms with van der Waals surface area (Å²) in [6, 6.07) is 2.31. The lowest BCUT2D eigenvalue weighted by atomic mass is 10.1. The van der Waals surface area contributed by atoms with E-state index in [1.165, 1.54) is 12.2 Å². The van der Waals surface area contributed by atoms with Gasteiger partial charge in [0.05, 0.1) is 19.9 Å². The monoisotopic (exact) mass is 323 g/mol. The minimum Gasteiger partial charge on any atom is -0.490 e. The Morgan fingerprint density at radius 3 is 2.80 bits per heavy atom. The van der Waals surface area contributed by atoms with Gasteiger partial charge in [0.1, 0.15) is 12.4 Å². The van der Waals surface area contributed by atoms with E-state index in [1.54, 1.807) is 12.4 Å². The number of hydroxylamine groups is 2. The maximum absolute atomic E-state index is 10.6. The van der Waals surface area contributed by atoms with Crippen LogP contribution in [0.1, 0.15) is 12.0 Å². The van der Waals surface area contributed by atoms with Crippen LogP contribution in [0.5, 0.6) is 5.75 Å². The van der Waals surface area contributed by atoms with Gasteiger partial charge >= 0.3 is 0 Å². The van der Waals surface area contributed by atoms with Gasteiger partial charge in [0.2, 0.25) is 6.41 Å². The Kier molecular flexibility index (Phi) is 9.24. The molecule has 1 N–H and O–H groups in total. The highest BCUT2D eigenvalue weighted by atomic mass is 35.5. The maximum Gasteiger partial charge on any atom is 0.233 e. The molecule has 0 spiro atoms. The van der Waals surface area contributed by atoms with Crippen molar-refractivity contribution in [1.82, 2.24) is 15.4 Å². The minimum atomic E-state index is 0. The number of rotatable bonds is 7. The number of carbonyl (C=O) groups is 1. The number of aromatic nitrogens is 1. The molecule has 1 aliphatic heterocycles. The number of nitrogens with one attached hydrogen (secondary N) is 1. The Hall–Kier alpha value is -1.08. The summed E-state index contributed by atoms with van der Waals surface area (Å²) in [6.07, 6.45) is 5.13. The fourth-order valence-electron chi connectivity index (χ4n) is 1.64. The van der Waals surface area contributed by atoms with Crippen molar-refractivity contribution >= 4 is 31.2 Å². The highest BCUT2D eigenvalue weighted by Gasteiger charge is 2.16. The van der Waals surface area contributed by atoms with Crippen LogP contribution in [0.15, 0.2) is 18.5 Å². The highest BCUT2D eigenvalue weighted by molar-refractivity contribution is 5.85. The molecule has 0 aromatic carbocycles. The fraction of sp³-hybridized carbons (Fsp3) is 0.500. The molecule has 0 radical (unpaired) electrons. The van der Waals surface area contributed by atoms with E-state index < -0.39 is 0 Å². The van der Waals surface area contributed by atoms with Crippen LogP contribution in [0.2, 0.25) is 0 Å². The Balaban J connectivity index is 0.00000180. The van der Waals surface area contributed by atoms with Gasteiger partial charge in [-0.1, -0.05) is 0 Å². The molecule has 0 aliphatic carbocycles. The van der Waals surface area contributed by atoms with Gasteiger partial charge in [0, 0.05) is 12.2 Å². The van der Waals surface area contributed by atoms with E-state index in [0.717, 1.165) is 18.5 Å². The summed E-state index contributed by atoms with van der Waals surface area (Å²) in [7, 11) is 1.45. The third kappa shape index (κ3) is 5.50. The van der Waals surface area contributed by atoms with E-state index in [-0.39, 0.29) is 24.8 Å². The molecule has 2 heterocycles. The highest BCUT2D eigenvalue weighted by Crippen LogP contribution is 2.14. The molecule has 1 aliphatic rings. The smallest absolute Gasteiger partial charge is 0.233 e. The predicted octanol–water partition coefficient (Wildman–Crippen LogP) is 1.19. The van der Waals surface area contributed by atoms with E-state index >= 15 is 0 Å². The van der Waals surface area contributed by atoms with Gasteiger partial charge in [-0.05, 0) is 24.6 Å². The predicted molar refractivity (Wildman–Crippen MR) is 79.3 cm³/mol. The molecular weight excluding hydrogens is 305 g/mol. The van der Waals surface area contributed by atoms with Crippen molar-refractivity contribution in [3.05, 3.63) is 24.0 Å². The van der Waals surface area contributed by atoms with Crippen LogP contribution >= 0.6 is 24.8 Å². The van der Waals surface area contributed by atoms with Crippen LogP contribution in [0.3, 0.4) is 0 Å². The minimum absolute atomic E-state index is 0. The number of carbonyl (C=O) groups excluding carboxylic acids is 1. The van der Waals surface area contributed by atoms with E-state index in [9.17, 15) is 4.79 Å². The third-order valence-corrected chi connectivity index (χ3v) is 2.84. The van der Waals surface area contributed by atoms with Crippen molar-refractivity contribution in [2.75, 3.05) is 20.3 Å². The Bertz CT molecular complexity index is 405. The average molecular weight is 324 g/mol. The van der Waals surface area contributed by atoms with Crippen LogP contribution in [0.25, 0.3) is 0 Å². The molecular formula is C12H19Cl2N3O3. The van der Waals surface area contributed by atoms with E-state index in [0.29, 0.717) is 31.4 Å². The van der Waals surface area contributed by atoms with Gasteiger partial charge in [-0.25, -0.2) is 5.06 Å². The molecule has 114 valence electrons. The number of hydrogen-bond acceptors (Lipinski definition) is 5. The van der Waals surface area contributed by atoms with E-state index in [1.807, 2.05) is 6.07 Å². The lowest BCUT2D eigenvalue weighted by Crippen LogP contribution is -2.46. The zero-order chi connectivity index (χ0) is 12.8. The lowest BCUT2D eigenvalue weighted by Gasteiger charge is -2.27. The Labute approximate surface area is 130 Å². The van der Waals surface area contributed by atoms with Gasteiger partial charge < -0.3 is 10.1 Å². The molecule has 0 saturated carbocycles. The first-order valence-electron chi connectivity index (χ1n) is 5.88. The topological polar surface area (TPSA) is 63.7 Å². The number of halogens is 2. The second kappa shape index (κ2) is 9.77. The molecule has 1 fully saturated rings. The van der Waals surface area contributed by atoms with Crippen LogP contribution in [-0.2, 0) is 16.2 Å². The van der Waals surface area contributed by atoms with E-state index in [4.69, 9.17) is 9.57 Å². The zero-order valence-electron chi connectivity index (χ0n) is 11.2. The SMILES string of the molecule is CON(C=O)Cc1cncc(OC[C@@H]2CCN2)c1.Cl.Cl. The summed E-state index contributed by atoms with van der Waals surface area (Å²) in [4.78, 5) is 19.6. The van der Waals surface area contributed by atoms with Crippen LogP contribution in [0, 0.1) is 0 Å². The second-order valence-corrected chi connectivity index (χ2v) is 4.14. The van der Waals surface area contributed by atoms with Crippen LogP contribution in [-0.4, -0.2) is 42.8 Å². The second-order valence-electron chi connectivity index (χ2n) is 4.14. The van der Waals surface area contributed by atoms with Crippen molar-refractivity contribution in [1.29, 1.82) is 0 Å². The number of nitrogens with zero attached hydrogens (tertiary/aromatic N) is 2. The van der Waals surface area contributed by atoms with Gasteiger partial charge in [-0.3, -0.25) is 14.6 Å². The zero-order valence-corrected chi connectivity index (χ0v) is 12.8. The van der Waals surface area contributed by atoms with Gasteiger partial charge in [0.15, 0.2) is 0 Å². The van der Waals surface area contributed by atoms with E-state index in [2.05, 4.69) is 10.3 Å². The molecule has 1 aromatic rings. The van der Waals surface area contributed by atoms with Crippen LogP contribution in [0.4, 0.5) is 0 Å². The van der Waals surface area contributed by atoms with Crippen molar-refractivity contribution in [2.24, 2.45) is 0 Å². The molecule has 1 atom stereocenters. The number of pyridine rings is 1. The summed E-state index contributed by atoms with van der Waals surface area (Å²) in [5.74, 6) is 0.711. The summed E-state index contributed by atoms with van der Waals surface area (Å²) < 4.78 is 5.63. The molecule has 1 aromatic heterocycles. The molecule has 20 heavy (non-hydrogen) atoms. The summed E-state index contributed by atoms with van der Waals surface area (Å²) in [5.41, 5.74) is 0.864. The van der Waals surface area contributed by atoms with Crippen molar-refractivity contribution in [2.45, 2.75) is 19.0 Å². The summed E-state index contributed by atoms with van der Waals surface area (Å²) in [5, 5.41) is 4.45. The molecule has 1 amide bonds. The number of amides is 1. The first-order chi connectivity index (χ1) is 8.81. The first kappa shape index (κ1) is 18.9. The third-order valence-electron chi connectivity index (χ3n) is 2.84. The van der Waals surface area contributed by atoms with Gasteiger partial charge in [0.25, 0.3) is 0 Å². The number of ether oxygens (including phenoxy) is 1. The van der Waals surface area contributed by atoms with Crippen LogP contribution < -0.4 is 10.1 Å². The number of hydrogen-bond donors (Lipinski definition) is 1. The summed E-state index contributed by atoms with van der Waals surface area (Å²) >= 11 is 0. The van der Waals surface area contributed by atoms with Crippen molar-refractivity contribution in [3.63, 3.8) is 0 Å². The molecule has 2 rings (SSSR count). The Morgan fingerprint density at radius 1 is 1.50 bits per heavy atom. The van der Waals surface area contributed by atoms with Crippen molar-refractivity contribution < 1.29 is 14.4 Å². The molecule has 8 heteroatoms. The lowest BCUT2D eigenvalue weighted by molar-refractivity contribution is -0.163. The quantitative estimate of drug-likeness (QED) is 0.603. The maximum atomic E-state index is 10.6. The fourth-order valence-corrected chi connectivity index (χ4v) is 1.64. The Morgan fingerprint density at radius 2 is 2.25 bits per heavy atom. The molecule has 1 saturated heterocycles. The average Bonchev–Trinajstić information content (AvgIpc) is 2.34. The largest absolute Gasteiger partial charge is 0.490 e. The van der Waals surface area contributed by atoms with Gasteiger partial charge in [-0.2, -0.15) is 0 Å². The van der Waals surface area contributed by atoms with Crippen molar-refractivity contribution in [3.8, 4) is 5.75 Å².